The van der Waals surface area contributed by atoms with Crippen LogP contribution >= 0.6 is 0 Å². The van der Waals surface area contributed by atoms with Gasteiger partial charge >= 0.3 is 6.03 Å². The Hall–Kier alpha value is -3.10. The highest BCUT2D eigenvalue weighted by Gasteiger charge is 2.28. The highest BCUT2D eigenvalue weighted by Crippen LogP contribution is 2.28. The van der Waals surface area contributed by atoms with Crippen molar-refractivity contribution in [3.8, 4) is 0 Å². The molecule has 1 aliphatic carbocycles. The van der Waals surface area contributed by atoms with E-state index in [9.17, 15) is 4.79 Å². The number of aromatic nitrogens is 4. The molecule has 3 aromatic rings. The van der Waals surface area contributed by atoms with Crippen LogP contribution in [0.25, 0.3) is 5.65 Å². The minimum absolute atomic E-state index is 0.0816. The van der Waals surface area contributed by atoms with Crippen molar-refractivity contribution in [1.82, 2.24) is 29.8 Å². The minimum Gasteiger partial charge on any atom is -0.366 e. The van der Waals surface area contributed by atoms with Crippen molar-refractivity contribution in [3.05, 3.63) is 48.0 Å². The van der Waals surface area contributed by atoms with Gasteiger partial charge in [-0.05, 0) is 42.8 Å². The van der Waals surface area contributed by atoms with E-state index in [1.165, 1.54) is 12.8 Å². The molecule has 32 heavy (non-hydrogen) atoms. The summed E-state index contributed by atoms with van der Waals surface area (Å²) in [7, 11) is 2.03. The number of rotatable bonds is 5. The molecule has 0 aromatic carbocycles. The van der Waals surface area contributed by atoms with E-state index < -0.39 is 0 Å². The summed E-state index contributed by atoms with van der Waals surface area (Å²) in [6.07, 6.45) is 12.2. The predicted molar refractivity (Wildman–Crippen MR) is 127 cm³/mol. The fourth-order valence-corrected chi connectivity index (χ4v) is 4.86. The van der Waals surface area contributed by atoms with Crippen molar-refractivity contribution in [2.24, 2.45) is 0 Å². The molecule has 5 rings (SSSR count). The Bertz CT molecular complexity index is 1080. The first-order valence-corrected chi connectivity index (χ1v) is 11.7. The second-order valence-electron chi connectivity index (χ2n) is 9.06. The van der Waals surface area contributed by atoms with Gasteiger partial charge < -0.3 is 15.5 Å². The van der Waals surface area contributed by atoms with E-state index in [2.05, 4.69) is 32.8 Å². The molecule has 1 saturated carbocycles. The molecule has 0 radical (unpaired) electrons. The summed E-state index contributed by atoms with van der Waals surface area (Å²) in [5.41, 5.74) is 4.04. The van der Waals surface area contributed by atoms with Crippen molar-refractivity contribution in [1.29, 1.82) is 0 Å². The number of urea groups is 1. The third-order valence-corrected chi connectivity index (χ3v) is 6.67. The Kier molecular flexibility index (Phi) is 5.96. The highest BCUT2D eigenvalue weighted by atomic mass is 16.2. The lowest BCUT2D eigenvalue weighted by Crippen LogP contribution is -2.47. The zero-order valence-corrected chi connectivity index (χ0v) is 18.6. The number of hydrogen-bond donors (Lipinski definition) is 2. The van der Waals surface area contributed by atoms with Gasteiger partial charge in [0.1, 0.15) is 13.7 Å². The number of nitrogens with zero attached hydrogens (tertiary/aromatic N) is 5. The largest absolute Gasteiger partial charge is 0.366 e. The van der Waals surface area contributed by atoms with E-state index >= 15 is 0 Å². The summed E-state index contributed by atoms with van der Waals surface area (Å²) >= 11 is 0. The zero-order valence-electron chi connectivity index (χ0n) is 18.6. The molecule has 3 aromatic heterocycles. The van der Waals surface area contributed by atoms with Crippen LogP contribution < -0.4 is 16.1 Å². The molecule has 0 bridgehead atoms. The molecule has 1 saturated heterocycles. The number of carbonyl (C=O) groups is 1. The second-order valence-corrected chi connectivity index (χ2v) is 9.06. The van der Waals surface area contributed by atoms with Crippen LogP contribution in [0, 0.1) is 0 Å². The first kappa shape index (κ1) is 20.8. The van der Waals surface area contributed by atoms with E-state index in [1.54, 1.807) is 6.20 Å². The highest BCUT2D eigenvalue weighted by molar-refractivity contribution is 6.36. The minimum atomic E-state index is 0.0816. The van der Waals surface area contributed by atoms with Gasteiger partial charge in [-0.3, -0.25) is 4.98 Å². The third kappa shape index (κ3) is 4.42. The summed E-state index contributed by atoms with van der Waals surface area (Å²) in [5.74, 6) is 1.13. The second kappa shape index (κ2) is 9.18. The summed E-state index contributed by atoms with van der Waals surface area (Å²) in [6.45, 7) is 2.18. The maximum atomic E-state index is 12.8. The normalized spacial score (nSPS) is 19.4. The van der Waals surface area contributed by atoms with Crippen LogP contribution in [0.15, 0.2) is 36.8 Å². The van der Waals surface area contributed by atoms with Gasteiger partial charge in [-0.1, -0.05) is 18.9 Å². The molecule has 1 atom stereocenters. The molecule has 2 aliphatic rings. The van der Waals surface area contributed by atoms with Crippen molar-refractivity contribution in [2.45, 2.75) is 57.0 Å². The lowest BCUT2D eigenvalue weighted by molar-refractivity contribution is 0.175. The fourth-order valence-electron chi connectivity index (χ4n) is 4.86. The van der Waals surface area contributed by atoms with Gasteiger partial charge in [-0.15, -0.1) is 0 Å². The number of pyridine rings is 1. The van der Waals surface area contributed by atoms with Gasteiger partial charge in [-0.2, -0.15) is 9.61 Å². The summed E-state index contributed by atoms with van der Waals surface area (Å²) in [6, 6.07) is 6.51. The van der Waals surface area contributed by atoms with Crippen LogP contribution in [0.5, 0.6) is 0 Å². The molecule has 0 spiro atoms. The number of nitrogens with one attached hydrogen (secondary N) is 2. The molecule has 1 aliphatic heterocycles. The SMILES string of the molecule is Bc1cnn2c(NCc3cccnc3)cc(C3CCCN(C(=O)NC4CCCC4)C3)nc12. The number of anilines is 1. The van der Waals surface area contributed by atoms with Gasteiger partial charge in [0, 0.05) is 56.3 Å². The van der Waals surface area contributed by atoms with E-state index in [0.29, 0.717) is 19.1 Å². The Morgan fingerprint density at radius 3 is 2.88 bits per heavy atom. The van der Waals surface area contributed by atoms with E-state index in [0.717, 1.165) is 60.4 Å². The van der Waals surface area contributed by atoms with Gasteiger partial charge in [-0.25, -0.2) is 9.78 Å². The Morgan fingerprint density at radius 1 is 1.19 bits per heavy atom. The molecule has 166 valence electrons. The Labute approximate surface area is 189 Å². The zero-order chi connectivity index (χ0) is 21.9. The first-order valence-electron chi connectivity index (χ1n) is 11.7. The molecule has 8 nitrogen and oxygen atoms in total. The van der Waals surface area contributed by atoms with Crippen molar-refractivity contribution >= 4 is 30.8 Å². The number of fused-ring (bicyclic) bond motifs is 1. The fraction of sp³-hybridized carbons (Fsp3) is 0.478. The van der Waals surface area contributed by atoms with Gasteiger partial charge in [0.2, 0.25) is 0 Å². The summed E-state index contributed by atoms with van der Waals surface area (Å²) in [4.78, 5) is 24.0. The molecule has 1 unspecified atom stereocenters. The lowest BCUT2D eigenvalue weighted by atomic mass is 9.94. The lowest BCUT2D eigenvalue weighted by Gasteiger charge is -2.33. The Balaban J connectivity index is 1.35. The number of hydrogen-bond acceptors (Lipinski definition) is 5. The summed E-state index contributed by atoms with van der Waals surface area (Å²) < 4.78 is 1.86. The summed E-state index contributed by atoms with van der Waals surface area (Å²) in [5, 5.41) is 11.3. The van der Waals surface area contributed by atoms with Crippen molar-refractivity contribution < 1.29 is 4.79 Å². The average Bonchev–Trinajstić information content (AvgIpc) is 3.48. The monoisotopic (exact) mass is 431 g/mol. The average molecular weight is 431 g/mol. The predicted octanol–water partition coefficient (Wildman–Crippen LogP) is 1.83. The van der Waals surface area contributed by atoms with Crippen LogP contribution in [-0.2, 0) is 6.54 Å². The molecular weight excluding hydrogens is 401 g/mol. The standard InChI is InChI=1S/C23H30BN7O/c24-19-14-27-31-21(26-13-16-5-3-9-25-12-16)11-20(29-22(19)31)17-6-4-10-30(15-17)23(32)28-18-7-1-2-8-18/h3,5,9,11-12,14,17-18,26H,1-2,4,6-8,10,13,15,24H2,(H,28,32). The van der Waals surface area contributed by atoms with E-state index in [4.69, 9.17) is 4.98 Å². The van der Waals surface area contributed by atoms with Gasteiger partial charge in [0.05, 0.1) is 5.69 Å². The van der Waals surface area contributed by atoms with Crippen LogP contribution in [-0.4, -0.2) is 57.5 Å². The molecule has 2 amide bonds. The Morgan fingerprint density at radius 2 is 2.06 bits per heavy atom. The number of likely N-dealkylation sites (tertiary alicyclic amines) is 1. The van der Waals surface area contributed by atoms with Crippen molar-refractivity contribution in [3.63, 3.8) is 0 Å². The van der Waals surface area contributed by atoms with Crippen molar-refractivity contribution in [2.75, 3.05) is 18.4 Å². The number of amides is 2. The number of piperidine rings is 1. The van der Waals surface area contributed by atoms with Crippen LogP contribution in [0.1, 0.15) is 55.7 Å². The number of carbonyl (C=O) groups excluding carboxylic acids is 1. The molecule has 9 heteroatoms. The molecule has 2 fully saturated rings. The molecule has 4 heterocycles. The quantitative estimate of drug-likeness (QED) is 0.602. The topological polar surface area (TPSA) is 87.5 Å². The van der Waals surface area contributed by atoms with Crippen LogP contribution in [0.4, 0.5) is 10.6 Å². The first-order chi connectivity index (χ1) is 15.7. The van der Waals surface area contributed by atoms with E-state index in [-0.39, 0.29) is 11.9 Å². The van der Waals surface area contributed by atoms with Crippen LogP contribution in [0.3, 0.4) is 0 Å². The molecular formula is C23H30BN7O. The third-order valence-electron chi connectivity index (χ3n) is 6.67. The molecule has 2 N–H and O–H groups in total. The smallest absolute Gasteiger partial charge is 0.317 e. The van der Waals surface area contributed by atoms with Crippen LogP contribution in [0.2, 0.25) is 0 Å². The maximum Gasteiger partial charge on any atom is 0.317 e. The van der Waals surface area contributed by atoms with Gasteiger partial charge in [0.25, 0.3) is 0 Å². The van der Waals surface area contributed by atoms with E-state index in [1.807, 2.05) is 35.7 Å². The van der Waals surface area contributed by atoms with Gasteiger partial charge in [0.15, 0.2) is 5.65 Å². The maximum absolute atomic E-state index is 12.8.